The average molecular weight is 502 g/mol. The number of hydrogen-bond acceptors (Lipinski definition) is 1. The maximum atomic E-state index is 2.38. The minimum atomic E-state index is 1.18. The van der Waals surface area contributed by atoms with Crippen molar-refractivity contribution in [3.63, 3.8) is 0 Å². The van der Waals surface area contributed by atoms with Crippen LogP contribution in [0.5, 0.6) is 0 Å². The van der Waals surface area contributed by atoms with Crippen LogP contribution in [0.3, 0.4) is 0 Å². The van der Waals surface area contributed by atoms with E-state index in [9.17, 15) is 0 Å². The molecule has 0 N–H and O–H groups in total. The fourth-order valence-corrected chi connectivity index (χ4v) is 6.95. The SMILES string of the molecule is c1cc(-c2cccc(-n3c4ccccc4c4ccccc43)c2)cc(-c2ccc3c(c2)sc2ccccc23)c1. The topological polar surface area (TPSA) is 4.93 Å². The molecule has 1 nitrogen and oxygen atoms in total. The quantitative estimate of drug-likeness (QED) is 0.227. The summed E-state index contributed by atoms with van der Waals surface area (Å²) in [6, 6.07) is 50.7. The van der Waals surface area contributed by atoms with Gasteiger partial charge in [0.05, 0.1) is 11.0 Å². The van der Waals surface area contributed by atoms with Crippen molar-refractivity contribution in [2.24, 2.45) is 0 Å². The smallest absolute Gasteiger partial charge is 0.0541 e. The standard InChI is InChI=1S/C36H23NS/c1-4-16-33-29(13-1)30-14-2-5-17-34(30)37(33)28-12-8-11-26(22-28)24-9-7-10-25(21-24)27-19-20-32-31-15-3-6-18-35(31)38-36(32)23-27/h1-23H. The average Bonchev–Trinajstić information content (AvgIpc) is 3.53. The Kier molecular flexibility index (Phi) is 4.76. The Labute approximate surface area is 224 Å². The van der Waals surface area contributed by atoms with E-state index in [2.05, 4.69) is 144 Å². The second-order valence-electron chi connectivity index (χ2n) is 9.81. The number of benzene rings is 6. The van der Waals surface area contributed by atoms with Crippen LogP contribution >= 0.6 is 11.3 Å². The van der Waals surface area contributed by atoms with Crippen LogP contribution in [0.2, 0.25) is 0 Å². The van der Waals surface area contributed by atoms with E-state index in [1.807, 2.05) is 11.3 Å². The van der Waals surface area contributed by atoms with E-state index in [4.69, 9.17) is 0 Å². The summed E-state index contributed by atoms with van der Waals surface area (Å²) in [4.78, 5) is 0. The maximum Gasteiger partial charge on any atom is 0.0541 e. The first-order valence-electron chi connectivity index (χ1n) is 12.9. The summed E-state index contributed by atoms with van der Waals surface area (Å²) < 4.78 is 5.06. The number of hydrogen-bond donors (Lipinski definition) is 0. The normalized spacial score (nSPS) is 11.7. The number of thiophene rings is 1. The number of fused-ring (bicyclic) bond motifs is 6. The zero-order chi connectivity index (χ0) is 25.1. The van der Waals surface area contributed by atoms with Gasteiger partial charge in [0.2, 0.25) is 0 Å². The second-order valence-corrected chi connectivity index (χ2v) is 10.9. The summed E-state index contributed by atoms with van der Waals surface area (Å²) in [7, 11) is 0. The van der Waals surface area contributed by atoms with Crippen molar-refractivity contribution in [2.45, 2.75) is 0 Å². The lowest BCUT2D eigenvalue weighted by Crippen LogP contribution is -1.94. The van der Waals surface area contributed by atoms with Crippen LogP contribution in [-0.2, 0) is 0 Å². The van der Waals surface area contributed by atoms with Gasteiger partial charge >= 0.3 is 0 Å². The monoisotopic (exact) mass is 501 g/mol. The van der Waals surface area contributed by atoms with Gasteiger partial charge in [-0.15, -0.1) is 11.3 Å². The number of rotatable bonds is 3. The molecule has 0 spiro atoms. The zero-order valence-corrected chi connectivity index (χ0v) is 21.5. The third-order valence-corrected chi connectivity index (χ3v) is 8.73. The molecule has 6 aromatic carbocycles. The molecule has 0 aliphatic carbocycles. The van der Waals surface area contributed by atoms with Crippen LogP contribution in [-0.4, -0.2) is 4.57 Å². The van der Waals surface area contributed by atoms with E-state index in [0.29, 0.717) is 0 Å². The molecule has 8 aromatic rings. The largest absolute Gasteiger partial charge is 0.309 e. The molecule has 8 rings (SSSR count). The van der Waals surface area contributed by atoms with Crippen molar-refractivity contribution in [3.8, 4) is 27.9 Å². The lowest BCUT2D eigenvalue weighted by molar-refractivity contribution is 1.18. The van der Waals surface area contributed by atoms with Crippen molar-refractivity contribution >= 4 is 53.3 Å². The molecule has 0 saturated heterocycles. The predicted octanol–water partition coefficient (Wildman–Crippen LogP) is 10.5. The van der Waals surface area contributed by atoms with E-state index < -0.39 is 0 Å². The van der Waals surface area contributed by atoms with Gasteiger partial charge in [-0.1, -0.05) is 97.1 Å². The van der Waals surface area contributed by atoms with Crippen molar-refractivity contribution in [1.29, 1.82) is 0 Å². The molecule has 2 heteroatoms. The molecular formula is C36H23NS. The highest BCUT2D eigenvalue weighted by molar-refractivity contribution is 7.25. The van der Waals surface area contributed by atoms with Gasteiger partial charge in [-0.25, -0.2) is 0 Å². The van der Waals surface area contributed by atoms with E-state index in [-0.39, 0.29) is 0 Å². The Balaban J connectivity index is 1.24. The van der Waals surface area contributed by atoms with E-state index in [0.717, 1.165) is 0 Å². The summed E-state index contributed by atoms with van der Waals surface area (Å²) >= 11 is 1.87. The molecule has 0 radical (unpaired) electrons. The van der Waals surface area contributed by atoms with Crippen LogP contribution < -0.4 is 0 Å². The van der Waals surface area contributed by atoms with Gasteiger partial charge in [0.25, 0.3) is 0 Å². The zero-order valence-electron chi connectivity index (χ0n) is 20.6. The van der Waals surface area contributed by atoms with Crippen molar-refractivity contribution in [1.82, 2.24) is 4.57 Å². The first-order valence-corrected chi connectivity index (χ1v) is 13.8. The van der Waals surface area contributed by atoms with E-state index in [1.54, 1.807) is 0 Å². The van der Waals surface area contributed by atoms with Crippen molar-refractivity contribution in [3.05, 3.63) is 140 Å². The minimum absolute atomic E-state index is 1.18. The van der Waals surface area contributed by atoms with Gasteiger partial charge in [0, 0.05) is 36.6 Å². The molecule has 178 valence electrons. The Morgan fingerprint density at radius 3 is 1.66 bits per heavy atom. The van der Waals surface area contributed by atoms with Gasteiger partial charge in [0.1, 0.15) is 0 Å². The van der Waals surface area contributed by atoms with Gasteiger partial charge in [-0.3, -0.25) is 0 Å². The molecule has 0 amide bonds. The highest BCUT2D eigenvalue weighted by atomic mass is 32.1. The van der Waals surface area contributed by atoms with Gasteiger partial charge in [0.15, 0.2) is 0 Å². The Morgan fingerprint density at radius 2 is 0.921 bits per heavy atom. The molecule has 0 aliphatic heterocycles. The van der Waals surface area contributed by atoms with Crippen LogP contribution in [0.15, 0.2) is 140 Å². The molecule has 2 aromatic heterocycles. The first kappa shape index (κ1) is 21.4. The van der Waals surface area contributed by atoms with Gasteiger partial charge in [-0.05, 0) is 64.7 Å². The van der Waals surface area contributed by atoms with Crippen molar-refractivity contribution in [2.75, 3.05) is 0 Å². The summed E-state index contributed by atoms with van der Waals surface area (Å²) in [5, 5.41) is 5.25. The molecule has 0 saturated carbocycles. The first-order chi connectivity index (χ1) is 18.8. The molecule has 38 heavy (non-hydrogen) atoms. The molecular weight excluding hydrogens is 478 g/mol. The highest BCUT2D eigenvalue weighted by Gasteiger charge is 2.12. The Hall–Kier alpha value is -4.66. The fourth-order valence-electron chi connectivity index (χ4n) is 5.81. The molecule has 0 atom stereocenters. The van der Waals surface area contributed by atoms with Crippen LogP contribution in [0, 0.1) is 0 Å². The molecule has 0 bridgehead atoms. The Bertz CT molecular complexity index is 2090. The molecule has 2 heterocycles. The predicted molar refractivity (Wildman–Crippen MR) is 165 cm³/mol. The molecule has 0 unspecified atom stereocenters. The second kappa shape index (κ2) is 8.44. The third kappa shape index (κ3) is 3.31. The summed E-state index contributed by atoms with van der Waals surface area (Å²) in [6.45, 7) is 0. The van der Waals surface area contributed by atoms with E-state index >= 15 is 0 Å². The molecule has 0 fully saturated rings. The van der Waals surface area contributed by atoms with Gasteiger partial charge in [-0.2, -0.15) is 0 Å². The number of para-hydroxylation sites is 2. The fraction of sp³-hybridized carbons (Fsp3) is 0. The Morgan fingerprint density at radius 1 is 0.368 bits per heavy atom. The van der Waals surface area contributed by atoms with Crippen LogP contribution in [0.1, 0.15) is 0 Å². The van der Waals surface area contributed by atoms with Gasteiger partial charge < -0.3 is 4.57 Å². The summed E-state index contributed by atoms with van der Waals surface area (Å²) in [6.07, 6.45) is 0. The summed E-state index contributed by atoms with van der Waals surface area (Å²) in [5.74, 6) is 0. The highest BCUT2D eigenvalue weighted by Crippen LogP contribution is 2.37. The number of nitrogens with zero attached hydrogens (tertiary/aromatic N) is 1. The third-order valence-electron chi connectivity index (χ3n) is 7.59. The lowest BCUT2D eigenvalue weighted by Gasteiger charge is -2.11. The van der Waals surface area contributed by atoms with Crippen molar-refractivity contribution < 1.29 is 0 Å². The van der Waals surface area contributed by atoms with Crippen LogP contribution in [0.25, 0.3) is 69.9 Å². The van der Waals surface area contributed by atoms with Crippen LogP contribution in [0.4, 0.5) is 0 Å². The lowest BCUT2D eigenvalue weighted by atomic mass is 9.98. The molecule has 0 aliphatic rings. The maximum absolute atomic E-state index is 2.38. The summed E-state index contributed by atoms with van der Waals surface area (Å²) in [5.41, 5.74) is 8.58. The van der Waals surface area contributed by atoms with E-state index in [1.165, 1.54) is 69.9 Å². The minimum Gasteiger partial charge on any atom is -0.309 e. The number of aromatic nitrogens is 1.